The van der Waals surface area contributed by atoms with Gasteiger partial charge in [-0.15, -0.1) is 0 Å². The third-order valence-corrected chi connectivity index (χ3v) is 6.23. The van der Waals surface area contributed by atoms with Crippen LogP contribution in [0.15, 0.2) is 0 Å². The normalized spacial score (nSPS) is 33.0. The minimum absolute atomic E-state index is 1.04. The van der Waals surface area contributed by atoms with E-state index in [2.05, 4.69) is 22.0 Å². The maximum Gasteiger partial charge on any atom is 0.0110 e. The summed E-state index contributed by atoms with van der Waals surface area (Å²) in [5.74, 6) is 3.21. The van der Waals surface area contributed by atoms with Crippen LogP contribution in [0.1, 0.15) is 45.4 Å². The van der Waals surface area contributed by atoms with E-state index < -0.39 is 0 Å². The van der Waals surface area contributed by atoms with Gasteiger partial charge in [-0.25, -0.2) is 0 Å². The lowest BCUT2D eigenvalue weighted by Crippen LogP contribution is -2.47. The Hall–Kier alpha value is -0.120. The van der Waals surface area contributed by atoms with Crippen molar-refractivity contribution < 1.29 is 0 Å². The third kappa shape index (κ3) is 4.67. The average Bonchev–Trinajstić information content (AvgIpc) is 2.50. The number of nitrogens with zero attached hydrogens (tertiary/aromatic N) is 2. The molecule has 3 aliphatic rings. The van der Waals surface area contributed by atoms with Crippen molar-refractivity contribution in [2.24, 2.45) is 17.8 Å². The molecular weight excluding hydrogens is 258 g/mol. The highest BCUT2D eigenvalue weighted by Gasteiger charge is 2.30. The summed E-state index contributed by atoms with van der Waals surface area (Å²) in [5, 5.41) is 3.44. The Morgan fingerprint density at radius 1 is 0.810 bits per heavy atom. The van der Waals surface area contributed by atoms with E-state index in [1.165, 1.54) is 71.6 Å². The summed E-state index contributed by atoms with van der Waals surface area (Å²) < 4.78 is 0. The zero-order valence-electron chi connectivity index (χ0n) is 14.0. The molecule has 1 aliphatic carbocycles. The summed E-state index contributed by atoms with van der Waals surface area (Å²) in [6.45, 7) is 12.5. The van der Waals surface area contributed by atoms with Gasteiger partial charge in [-0.3, -0.25) is 4.90 Å². The Morgan fingerprint density at radius 2 is 1.43 bits per heavy atom. The fourth-order valence-electron chi connectivity index (χ4n) is 4.53. The van der Waals surface area contributed by atoms with Gasteiger partial charge >= 0.3 is 0 Å². The second kappa shape index (κ2) is 7.94. The van der Waals surface area contributed by atoms with Crippen LogP contribution in [0.2, 0.25) is 0 Å². The van der Waals surface area contributed by atoms with Gasteiger partial charge in [0.05, 0.1) is 0 Å². The first-order valence-electron chi connectivity index (χ1n) is 9.49. The molecule has 3 nitrogen and oxygen atoms in total. The number of hydrogen-bond donors (Lipinski definition) is 1. The minimum Gasteiger partial charge on any atom is -0.314 e. The minimum atomic E-state index is 1.04. The van der Waals surface area contributed by atoms with E-state index in [-0.39, 0.29) is 0 Å². The van der Waals surface area contributed by atoms with Gasteiger partial charge in [-0.2, -0.15) is 0 Å². The number of rotatable bonds is 6. The molecule has 122 valence electrons. The summed E-state index contributed by atoms with van der Waals surface area (Å²) in [7, 11) is 0. The standard InChI is InChI=1S/C18H35N3/c1-2-16-13-18(14-16)15-17-3-7-20(8-4-17)11-12-21-9-5-19-6-10-21/h16-19H,2-15H2,1H3. The van der Waals surface area contributed by atoms with E-state index in [4.69, 9.17) is 0 Å². The Labute approximate surface area is 131 Å². The highest BCUT2D eigenvalue weighted by atomic mass is 15.2. The van der Waals surface area contributed by atoms with Gasteiger partial charge in [-0.1, -0.05) is 13.3 Å². The van der Waals surface area contributed by atoms with E-state index >= 15 is 0 Å². The van der Waals surface area contributed by atoms with Crippen molar-refractivity contribution in [3.63, 3.8) is 0 Å². The Morgan fingerprint density at radius 3 is 2.05 bits per heavy atom. The molecule has 1 saturated carbocycles. The van der Waals surface area contributed by atoms with Crippen LogP contribution in [0.4, 0.5) is 0 Å². The predicted octanol–water partition coefficient (Wildman–Crippen LogP) is 2.43. The zero-order valence-corrected chi connectivity index (χ0v) is 14.0. The highest BCUT2D eigenvalue weighted by Crippen LogP contribution is 2.41. The second-order valence-corrected chi connectivity index (χ2v) is 7.72. The first kappa shape index (κ1) is 15.8. The zero-order chi connectivity index (χ0) is 14.5. The van der Waals surface area contributed by atoms with E-state index in [9.17, 15) is 0 Å². The van der Waals surface area contributed by atoms with Gasteiger partial charge in [0.2, 0.25) is 0 Å². The molecule has 3 fully saturated rings. The van der Waals surface area contributed by atoms with Crippen LogP contribution in [0.3, 0.4) is 0 Å². The molecule has 3 rings (SSSR count). The maximum absolute atomic E-state index is 3.44. The quantitative estimate of drug-likeness (QED) is 0.811. The fraction of sp³-hybridized carbons (Fsp3) is 1.00. The topological polar surface area (TPSA) is 18.5 Å². The molecule has 0 amide bonds. The van der Waals surface area contributed by atoms with Gasteiger partial charge in [0.1, 0.15) is 0 Å². The van der Waals surface area contributed by atoms with Crippen LogP contribution in [-0.2, 0) is 0 Å². The van der Waals surface area contributed by atoms with Crippen LogP contribution < -0.4 is 5.32 Å². The molecule has 0 aromatic carbocycles. The molecule has 2 saturated heterocycles. The molecule has 0 atom stereocenters. The number of likely N-dealkylation sites (tertiary alicyclic amines) is 1. The molecule has 0 aromatic heterocycles. The lowest BCUT2D eigenvalue weighted by atomic mass is 9.69. The Balaban J connectivity index is 1.26. The highest BCUT2D eigenvalue weighted by molar-refractivity contribution is 4.83. The van der Waals surface area contributed by atoms with Crippen LogP contribution in [0.5, 0.6) is 0 Å². The van der Waals surface area contributed by atoms with Crippen LogP contribution in [0.25, 0.3) is 0 Å². The fourth-order valence-corrected chi connectivity index (χ4v) is 4.53. The van der Waals surface area contributed by atoms with Crippen molar-refractivity contribution in [1.29, 1.82) is 0 Å². The average molecular weight is 293 g/mol. The van der Waals surface area contributed by atoms with Gasteiger partial charge in [0.15, 0.2) is 0 Å². The molecular formula is C18H35N3. The maximum atomic E-state index is 3.44. The number of hydrogen-bond acceptors (Lipinski definition) is 3. The molecule has 3 heteroatoms. The van der Waals surface area contributed by atoms with Crippen molar-refractivity contribution >= 4 is 0 Å². The lowest BCUT2D eigenvalue weighted by molar-refractivity contribution is 0.107. The number of piperazine rings is 1. The molecule has 2 heterocycles. The van der Waals surface area contributed by atoms with Gasteiger partial charge < -0.3 is 10.2 Å². The van der Waals surface area contributed by atoms with Gasteiger partial charge in [0.25, 0.3) is 0 Å². The Bertz CT molecular complexity index is 287. The van der Waals surface area contributed by atoms with Crippen molar-refractivity contribution in [1.82, 2.24) is 15.1 Å². The summed E-state index contributed by atoms with van der Waals surface area (Å²) in [5.41, 5.74) is 0. The SMILES string of the molecule is CCC1CC(CC2CCN(CCN3CCNCC3)CC2)C1. The first-order chi connectivity index (χ1) is 10.3. The van der Waals surface area contributed by atoms with Crippen molar-refractivity contribution in [3.05, 3.63) is 0 Å². The summed E-state index contributed by atoms with van der Waals surface area (Å²) in [4.78, 5) is 5.34. The summed E-state index contributed by atoms with van der Waals surface area (Å²) in [6.07, 6.45) is 8.98. The van der Waals surface area contributed by atoms with Crippen LogP contribution in [0, 0.1) is 17.8 Å². The van der Waals surface area contributed by atoms with Gasteiger partial charge in [-0.05, 0) is 62.9 Å². The van der Waals surface area contributed by atoms with E-state index in [1.54, 1.807) is 19.3 Å². The van der Waals surface area contributed by atoms with Crippen molar-refractivity contribution in [2.75, 3.05) is 52.4 Å². The lowest BCUT2D eigenvalue weighted by Gasteiger charge is -2.40. The molecule has 2 aliphatic heterocycles. The van der Waals surface area contributed by atoms with Crippen LogP contribution in [-0.4, -0.2) is 62.2 Å². The summed E-state index contributed by atoms with van der Waals surface area (Å²) in [6, 6.07) is 0. The van der Waals surface area contributed by atoms with Gasteiger partial charge in [0, 0.05) is 39.3 Å². The largest absolute Gasteiger partial charge is 0.314 e. The molecule has 0 unspecified atom stereocenters. The van der Waals surface area contributed by atoms with Crippen molar-refractivity contribution in [2.45, 2.75) is 45.4 Å². The van der Waals surface area contributed by atoms with Crippen molar-refractivity contribution in [3.8, 4) is 0 Å². The molecule has 0 bridgehead atoms. The molecule has 0 radical (unpaired) electrons. The molecule has 21 heavy (non-hydrogen) atoms. The number of piperidine rings is 1. The third-order valence-electron chi connectivity index (χ3n) is 6.23. The Kier molecular flexibility index (Phi) is 5.96. The number of nitrogens with one attached hydrogen (secondary N) is 1. The predicted molar refractivity (Wildman–Crippen MR) is 89.6 cm³/mol. The smallest absolute Gasteiger partial charge is 0.0110 e. The monoisotopic (exact) mass is 293 g/mol. The van der Waals surface area contributed by atoms with Crippen LogP contribution >= 0.6 is 0 Å². The molecule has 0 spiro atoms. The molecule has 1 N–H and O–H groups in total. The first-order valence-corrected chi connectivity index (χ1v) is 9.49. The van der Waals surface area contributed by atoms with E-state index in [0.717, 1.165) is 17.8 Å². The second-order valence-electron chi connectivity index (χ2n) is 7.72. The van der Waals surface area contributed by atoms with E-state index in [0.29, 0.717) is 0 Å². The molecule has 0 aromatic rings. The summed E-state index contributed by atoms with van der Waals surface area (Å²) >= 11 is 0. The van der Waals surface area contributed by atoms with E-state index in [1.807, 2.05) is 0 Å².